The molecule has 3 aromatic heterocycles. The van der Waals surface area contributed by atoms with Gasteiger partial charge in [0.1, 0.15) is 41.1 Å². The van der Waals surface area contributed by atoms with Gasteiger partial charge in [0.05, 0.1) is 37.5 Å². The first kappa shape index (κ1) is 32.8. The van der Waals surface area contributed by atoms with E-state index in [1.165, 1.54) is 11.8 Å². The number of methoxy groups -OCH3 is 1. The largest absolute Gasteiger partial charge is 0.491 e. The molecule has 2 aromatic carbocycles. The molecule has 1 N–H and O–H groups in total. The van der Waals surface area contributed by atoms with Gasteiger partial charge in [0.15, 0.2) is 5.82 Å². The number of nitrogens with one attached hydrogen (secondary N) is 1. The van der Waals surface area contributed by atoms with Crippen LogP contribution in [-0.2, 0) is 29.1 Å². The summed E-state index contributed by atoms with van der Waals surface area (Å²) in [5.74, 6) is -0.635. The smallest absolute Gasteiger partial charge is 0.410 e. The van der Waals surface area contributed by atoms with Gasteiger partial charge >= 0.3 is 6.09 Å². The number of hydrogen-bond donors (Lipinski definition) is 1. The molecule has 0 radical (unpaired) electrons. The number of aromatic nitrogens is 5. The second-order valence-corrected chi connectivity index (χ2v) is 12.7. The molecule has 5 aromatic rings. The molecule has 0 atom stereocenters. The van der Waals surface area contributed by atoms with Crippen LogP contribution in [0.2, 0.25) is 0 Å². The first-order valence-electron chi connectivity index (χ1n) is 15.5. The number of benzene rings is 2. The van der Waals surface area contributed by atoms with Gasteiger partial charge < -0.3 is 19.5 Å². The van der Waals surface area contributed by atoms with Crippen molar-refractivity contribution in [3.8, 4) is 17.3 Å². The van der Waals surface area contributed by atoms with Crippen LogP contribution >= 0.6 is 0 Å². The second-order valence-electron chi connectivity index (χ2n) is 12.7. The van der Waals surface area contributed by atoms with Crippen molar-refractivity contribution in [2.75, 3.05) is 25.6 Å². The number of halogens is 2. The van der Waals surface area contributed by atoms with Crippen LogP contribution in [-0.4, -0.2) is 61.7 Å². The van der Waals surface area contributed by atoms with E-state index in [9.17, 15) is 4.79 Å². The molecule has 1 amide bonds. The molecule has 0 bridgehead atoms. The van der Waals surface area contributed by atoms with Gasteiger partial charge in [0.2, 0.25) is 0 Å². The summed E-state index contributed by atoms with van der Waals surface area (Å²) in [5.41, 5.74) is 4.15. The van der Waals surface area contributed by atoms with Gasteiger partial charge in [-0.05, 0) is 52.3 Å². The first-order chi connectivity index (χ1) is 22.9. The maximum atomic E-state index is 15.2. The molecule has 0 fully saturated rings. The zero-order valence-electron chi connectivity index (χ0n) is 27.7. The van der Waals surface area contributed by atoms with E-state index in [4.69, 9.17) is 29.3 Å². The minimum absolute atomic E-state index is 0.0726. The van der Waals surface area contributed by atoms with Crippen molar-refractivity contribution in [1.29, 1.82) is 0 Å². The van der Waals surface area contributed by atoms with Crippen molar-refractivity contribution in [2.45, 2.75) is 59.9 Å². The highest BCUT2D eigenvalue weighted by Crippen LogP contribution is 2.35. The van der Waals surface area contributed by atoms with Crippen LogP contribution in [0, 0.1) is 25.5 Å². The highest BCUT2D eigenvalue weighted by Gasteiger charge is 2.32. The molecule has 0 spiro atoms. The van der Waals surface area contributed by atoms with Gasteiger partial charge in [-0.25, -0.2) is 23.5 Å². The van der Waals surface area contributed by atoms with Crippen molar-refractivity contribution < 1.29 is 27.8 Å². The lowest BCUT2D eigenvalue weighted by molar-refractivity contribution is 0.0241. The summed E-state index contributed by atoms with van der Waals surface area (Å²) in [4.78, 5) is 28.8. The molecule has 1 aliphatic rings. The van der Waals surface area contributed by atoms with E-state index in [0.717, 1.165) is 34.6 Å². The monoisotopic (exact) mass is 657 g/mol. The average Bonchev–Trinajstić information content (AvgIpc) is 3.62. The highest BCUT2D eigenvalue weighted by molar-refractivity contribution is 5.92. The number of amides is 1. The van der Waals surface area contributed by atoms with E-state index in [1.54, 1.807) is 11.1 Å². The van der Waals surface area contributed by atoms with Crippen molar-refractivity contribution in [3.63, 3.8) is 0 Å². The first-order valence-corrected chi connectivity index (χ1v) is 15.5. The van der Waals surface area contributed by atoms with Crippen molar-refractivity contribution in [3.05, 3.63) is 88.4 Å². The van der Waals surface area contributed by atoms with Crippen LogP contribution in [0.15, 0.2) is 48.7 Å². The normalized spacial score (nSPS) is 12.8. The number of carbonyl (C=O) groups excluding carboxylic acids is 1. The van der Waals surface area contributed by atoms with E-state index in [2.05, 4.69) is 10.3 Å². The van der Waals surface area contributed by atoms with E-state index < -0.39 is 23.3 Å². The van der Waals surface area contributed by atoms with Crippen molar-refractivity contribution in [1.82, 2.24) is 29.6 Å². The number of nitrogens with zero attached hydrogens (tertiary/aromatic N) is 6. The van der Waals surface area contributed by atoms with Gasteiger partial charge in [0.25, 0.3) is 0 Å². The second kappa shape index (κ2) is 13.1. The summed E-state index contributed by atoms with van der Waals surface area (Å²) in [6.45, 7) is 10.0. The third-order valence-corrected chi connectivity index (χ3v) is 7.78. The fourth-order valence-corrected chi connectivity index (χ4v) is 5.43. The minimum atomic E-state index is -0.755. The fraction of sp³-hybridized carbons (Fsp3) is 0.343. The minimum Gasteiger partial charge on any atom is -0.491 e. The molecule has 0 saturated carbocycles. The number of rotatable bonds is 9. The lowest BCUT2D eigenvalue weighted by atomic mass is 10.1. The Labute approximate surface area is 276 Å². The lowest BCUT2D eigenvalue weighted by Gasteiger charge is -2.24. The fourth-order valence-electron chi connectivity index (χ4n) is 5.43. The van der Waals surface area contributed by atoms with E-state index >= 15 is 8.78 Å². The highest BCUT2D eigenvalue weighted by atomic mass is 19.1. The standard InChI is InChI=1S/C35H37F2N7O4/c1-20-16-38-21(2)13-28(20)39-32-25-17-43(34(45)48-35(3,4)5)19-29(25)40-33(41-32)31-23-9-7-8-10-30(23)44(42-31)18-24-26(36)14-22(15-27(24)37)47-12-11-46-6/h7-10,13-16H,11-12,17-19H2,1-6H3,(H,38,39,40,41). The van der Waals surface area contributed by atoms with Crippen LogP contribution in [0.25, 0.3) is 22.4 Å². The Kier molecular flexibility index (Phi) is 8.97. The molecular weight excluding hydrogens is 620 g/mol. The number of anilines is 2. The molecule has 0 aliphatic carbocycles. The third-order valence-electron chi connectivity index (χ3n) is 7.78. The number of carbonyl (C=O) groups is 1. The number of aryl methyl sites for hydroxylation is 2. The molecule has 250 valence electrons. The van der Waals surface area contributed by atoms with Crippen LogP contribution in [0.4, 0.5) is 25.1 Å². The number of pyridine rings is 1. The van der Waals surface area contributed by atoms with Gasteiger partial charge in [0, 0.05) is 53.3 Å². The number of ether oxygens (including phenoxy) is 3. The Morgan fingerprint density at radius 1 is 1.02 bits per heavy atom. The molecule has 1 aliphatic heterocycles. The zero-order valence-corrected chi connectivity index (χ0v) is 27.7. The number of para-hydroxylation sites is 1. The third kappa shape index (κ3) is 6.91. The molecule has 0 saturated heterocycles. The molecular formula is C35H37F2N7O4. The lowest BCUT2D eigenvalue weighted by Crippen LogP contribution is -2.33. The molecule has 48 heavy (non-hydrogen) atoms. The van der Waals surface area contributed by atoms with Crippen molar-refractivity contribution in [2.24, 2.45) is 0 Å². The van der Waals surface area contributed by atoms with Gasteiger partial charge in [-0.2, -0.15) is 5.10 Å². The zero-order chi connectivity index (χ0) is 34.2. The number of fused-ring (bicyclic) bond motifs is 2. The maximum Gasteiger partial charge on any atom is 0.410 e. The summed E-state index contributed by atoms with van der Waals surface area (Å²) in [7, 11) is 1.52. The summed E-state index contributed by atoms with van der Waals surface area (Å²) in [6.07, 6.45) is 1.32. The van der Waals surface area contributed by atoms with Crippen LogP contribution < -0.4 is 10.1 Å². The predicted molar refractivity (Wildman–Crippen MR) is 176 cm³/mol. The average molecular weight is 658 g/mol. The summed E-state index contributed by atoms with van der Waals surface area (Å²) in [6, 6.07) is 11.6. The Bertz CT molecular complexity index is 1980. The van der Waals surface area contributed by atoms with E-state index in [1.807, 2.05) is 65.0 Å². The Hall–Kier alpha value is -5.17. The number of hydrogen-bond acceptors (Lipinski definition) is 9. The van der Waals surface area contributed by atoms with E-state index in [0.29, 0.717) is 33.9 Å². The van der Waals surface area contributed by atoms with Gasteiger partial charge in [-0.15, -0.1) is 0 Å². The summed E-state index contributed by atoms with van der Waals surface area (Å²) < 4.78 is 48.0. The Balaban J connectivity index is 1.41. The molecule has 13 heteroatoms. The molecule has 0 unspecified atom stereocenters. The Morgan fingerprint density at radius 2 is 1.77 bits per heavy atom. The maximum absolute atomic E-state index is 15.2. The SMILES string of the molecule is COCCOc1cc(F)c(Cn2nc(-c3nc4c(c(Nc5cc(C)ncc5C)n3)CN(C(=O)OC(C)(C)C)C4)c3ccccc32)c(F)c1. The van der Waals surface area contributed by atoms with Crippen LogP contribution in [0.3, 0.4) is 0 Å². The van der Waals surface area contributed by atoms with Crippen LogP contribution in [0.1, 0.15) is 48.8 Å². The molecule has 6 rings (SSSR count). The van der Waals surface area contributed by atoms with E-state index in [-0.39, 0.29) is 44.2 Å². The quantitative estimate of drug-likeness (QED) is 0.170. The Morgan fingerprint density at radius 3 is 2.50 bits per heavy atom. The predicted octanol–water partition coefficient (Wildman–Crippen LogP) is 6.85. The van der Waals surface area contributed by atoms with Gasteiger partial charge in [-0.3, -0.25) is 14.6 Å². The summed E-state index contributed by atoms with van der Waals surface area (Å²) in [5, 5.41) is 8.93. The summed E-state index contributed by atoms with van der Waals surface area (Å²) >= 11 is 0. The van der Waals surface area contributed by atoms with Gasteiger partial charge in [-0.1, -0.05) is 18.2 Å². The molecule has 4 heterocycles. The topological polar surface area (TPSA) is 117 Å². The van der Waals surface area contributed by atoms with Crippen molar-refractivity contribution >= 4 is 28.5 Å². The molecule has 11 nitrogen and oxygen atoms in total. The van der Waals surface area contributed by atoms with Crippen LogP contribution in [0.5, 0.6) is 5.75 Å².